The lowest BCUT2D eigenvalue weighted by Crippen LogP contribution is -2.41. The smallest absolute Gasteiger partial charge is 0.405 e. The molecule has 3 aliphatic heterocycles. The van der Waals surface area contributed by atoms with Gasteiger partial charge in [-0.1, -0.05) is 101 Å². The second-order valence-electron chi connectivity index (χ2n) is 26.1. The van der Waals surface area contributed by atoms with Crippen LogP contribution < -0.4 is 5.46 Å². The van der Waals surface area contributed by atoms with Crippen LogP contribution in [0.1, 0.15) is 152 Å². The molecule has 0 unspecified atom stereocenters. The highest BCUT2D eigenvalue weighted by atomic mass is 35.5. The lowest BCUT2D eigenvalue weighted by atomic mass is 9.49. The third-order valence-electron chi connectivity index (χ3n) is 15.8. The second-order valence-corrected chi connectivity index (χ2v) is 27.4. The van der Waals surface area contributed by atoms with Crippen molar-refractivity contribution in [3.63, 3.8) is 0 Å². The molecule has 0 aliphatic carbocycles. The van der Waals surface area contributed by atoms with E-state index in [4.69, 9.17) is 78.5 Å². The zero-order valence-corrected chi connectivity index (χ0v) is 55.2. The molecule has 0 saturated carbocycles. The Morgan fingerprint density at radius 2 is 0.885 bits per heavy atom. The van der Waals surface area contributed by atoms with E-state index in [1.54, 1.807) is 66.9 Å². The molecule has 0 amide bonds. The second kappa shape index (κ2) is 27.4. The largest absolute Gasteiger partial charge is 0.494 e. The van der Waals surface area contributed by atoms with Gasteiger partial charge in [-0.15, -0.1) is 0 Å². The first-order valence-electron chi connectivity index (χ1n) is 28.3. The summed E-state index contributed by atoms with van der Waals surface area (Å²) in [6.07, 6.45) is 6.87. The van der Waals surface area contributed by atoms with Gasteiger partial charge in [-0.3, -0.25) is 15.0 Å². The van der Waals surface area contributed by atoms with Gasteiger partial charge < -0.3 is 27.9 Å². The van der Waals surface area contributed by atoms with Crippen molar-refractivity contribution in [3.05, 3.63) is 177 Å². The minimum absolute atomic E-state index is 0.118. The van der Waals surface area contributed by atoms with Crippen molar-refractivity contribution >= 4 is 61.4 Å². The van der Waals surface area contributed by atoms with Gasteiger partial charge in [0.1, 0.15) is 6.33 Å². The molecular weight excluding hydrogens is 1160 g/mol. The lowest BCUT2D eigenvalue weighted by Gasteiger charge is -2.32. The van der Waals surface area contributed by atoms with Crippen LogP contribution in [-0.4, -0.2) is 79.7 Å². The van der Waals surface area contributed by atoms with E-state index in [1.807, 2.05) is 114 Å². The van der Waals surface area contributed by atoms with E-state index in [9.17, 15) is 4.39 Å². The van der Waals surface area contributed by atoms with Gasteiger partial charge in [-0.25, -0.2) is 14.4 Å². The van der Waals surface area contributed by atoms with E-state index in [2.05, 4.69) is 96.8 Å². The van der Waals surface area contributed by atoms with Crippen molar-refractivity contribution in [3.8, 4) is 52.2 Å². The Morgan fingerprint density at radius 3 is 1.30 bits per heavy atom. The normalized spacial score (nSPS) is 17.3. The minimum Gasteiger partial charge on any atom is -0.405 e. The van der Waals surface area contributed by atoms with E-state index in [0.717, 1.165) is 16.9 Å². The number of pyridine rings is 3. The van der Waals surface area contributed by atoms with Crippen LogP contribution in [-0.2, 0) is 38.8 Å². The van der Waals surface area contributed by atoms with Gasteiger partial charge >= 0.3 is 21.1 Å². The number of hydrogen-bond donors (Lipinski definition) is 0. The molecule has 3 fully saturated rings. The van der Waals surface area contributed by atoms with Gasteiger partial charge in [0.2, 0.25) is 0 Å². The summed E-state index contributed by atoms with van der Waals surface area (Å²) in [7, 11) is -1.44. The van der Waals surface area contributed by atoms with Crippen molar-refractivity contribution in [1.82, 2.24) is 24.9 Å². The van der Waals surface area contributed by atoms with Gasteiger partial charge in [0, 0.05) is 34.2 Å². The number of aromatic nitrogens is 5. The average Bonchev–Trinajstić information content (AvgIpc) is 1.64. The van der Waals surface area contributed by atoms with Gasteiger partial charge in [-0.05, 0) is 189 Å². The number of benzene rings is 3. The molecule has 452 valence electrons. The van der Waals surface area contributed by atoms with Crippen molar-refractivity contribution < 1.29 is 32.3 Å². The fourth-order valence-electron chi connectivity index (χ4n) is 8.33. The summed E-state index contributed by atoms with van der Waals surface area (Å²) in [5, 5.41) is 27.3. The van der Waals surface area contributed by atoms with Crippen molar-refractivity contribution in [2.75, 3.05) is 0 Å². The standard InChI is InChI=1S/C18H24N2.C16H8ClFN4.C13H15BClNO2.C12H24B2O4.C7H4ClN/c1-17(2,3)13-7-9-15(19-11-13)16-10-8-14(12-20-16)18(4,5)6;17-12-6-10(8-19)5-11(16(12)18)14-7-15(22-9-21-14)13-3-1-2-4-20-13;1-12(2)13(3,4)18-14(17-12)10-5-9(8-16)6-11(15)7-10;1-9(2)10(3,4)16-13(15-9)14-17-11(5,6)12(7,8)18-14;8-7-3-1-2-6(4-7)5-9/h7-12H,1-6H3;1-7,9H;5-7H,1-4H3;1-8H3;1-4H. The fraction of sp³-hybridized carbons (Fsp3) is 0.394. The third kappa shape index (κ3) is 17.6. The molecule has 3 aromatic carbocycles. The molecule has 87 heavy (non-hydrogen) atoms. The lowest BCUT2D eigenvalue weighted by molar-refractivity contribution is 0.00578. The molecule has 4 aromatic heterocycles. The summed E-state index contributed by atoms with van der Waals surface area (Å²) < 4.78 is 49.9. The molecule has 7 aromatic rings. The summed E-state index contributed by atoms with van der Waals surface area (Å²) in [4.78, 5) is 21.5. The Hall–Kier alpha value is -6.59. The summed E-state index contributed by atoms with van der Waals surface area (Å²) in [6.45, 7) is 37.3. The van der Waals surface area contributed by atoms with Gasteiger partial charge in [0.25, 0.3) is 0 Å². The Labute approximate surface area is 529 Å². The Morgan fingerprint density at radius 1 is 0.437 bits per heavy atom. The summed E-state index contributed by atoms with van der Waals surface area (Å²) in [5.74, 6) is -0.619. The number of rotatable bonds is 5. The van der Waals surface area contributed by atoms with E-state index < -0.39 is 38.2 Å². The predicted octanol–water partition coefficient (Wildman–Crippen LogP) is 15.6. The van der Waals surface area contributed by atoms with Crippen LogP contribution in [0.2, 0.25) is 15.1 Å². The summed E-state index contributed by atoms with van der Waals surface area (Å²) >= 11 is 17.4. The SMILES string of the molecule is CC(C)(C)c1ccc(-c2ccc(C(C)(C)C)cn2)nc1.CC1(C)OB(B2OC(C)(C)C(C)(C)O2)OC1(C)C.CC1(C)OB(c2cc(Cl)cc(C#N)c2)OC1(C)C.N#Cc1cc(Cl)c(F)c(-c2cc(-c3ccccn3)ncn2)c1.N#Cc1cccc(Cl)c1. The molecule has 0 radical (unpaired) electrons. The molecular formula is C66H75B3Cl3FN8O6. The van der Waals surface area contributed by atoms with Crippen LogP contribution in [0.4, 0.5) is 4.39 Å². The Kier molecular flexibility index (Phi) is 21.9. The minimum atomic E-state index is -0.619. The van der Waals surface area contributed by atoms with Crippen LogP contribution >= 0.6 is 34.8 Å². The quantitative estimate of drug-likeness (QED) is 0.148. The van der Waals surface area contributed by atoms with Crippen molar-refractivity contribution in [2.45, 2.75) is 169 Å². The summed E-state index contributed by atoms with van der Waals surface area (Å²) in [5.41, 5.74) is 6.23. The maximum Gasteiger partial charge on any atom is 0.494 e. The molecule has 0 N–H and O–H groups in total. The fourth-order valence-corrected chi connectivity index (χ4v) is 8.98. The molecule has 3 aliphatic rings. The topological polar surface area (TPSA) is 191 Å². The summed E-state index contributed by atoms with van der Waals surface area (Å²) in [6, 6.07) is 36.1. The van der Waals surface area contributed by atoms with E-state index in [-0.39, 0.29) is 49.4 Å². The number of hydrogen-bond acceptors (Lipinski definition) is 14. The van der Waals surface area contributed by atoms with Gasteiger partial charge in [0.05, 0.1) is 102 Å². The molecule has 0 spiro atoms. The molecule has 21 heteroatoms. The van der Waals surface area contributed by atoms with Crippen LogP contribution in [0.3, 0.4) is 0 Å². The van der Waals surface area contributed by atoms with E-state index in [0.29, 0.717) is 38.3 Å². The maximum atomic E-state index is 14.2. The molecule has 14 nitrogen and oxygen atoms in total. The first-order valence-corrected chi connectivity index (χ1v) is 29.5. The molecule has 0 atom stereocenters. The Balaban J connectivity index is 0.000000177. The highest BCUT2D eigenvalue weighted by Gasteiger charge is 2.64. The van der Waals surface area contributed by atoms with E-state index >= 15 is 0 Å². The third-order valence-corrected chi connectivity index (χ3v) is 16.6. The highest BCUT2D eigenvalue weighted by Crippen LogP contribution is 2.43. The molecule has 0 bridgehead atoms. The number of nitrogens with zero attached hydrogens (tertiary/aromatic N) is 8. The predicted molar refractivity (Wildman–Crippen MR) is 345 cm³/mol. The maximum absolute atomic E-state index is 14.2. The first kappa shape index (κ1) is 69.5. The van der Waals surface area contributed by atoms with Crippen LogP contribution in [0.25, 0.3) is 34.0 Å². The monoisotopic (exact) mass is 1230 g/mol. The van der Waals surface area contributed by atoms with Crippen LogP contribution in [0.15, 0.2) is 128 Å². The first-order chi connectivity index (χ1) is 40.3. The van der Waals surface area contributed by atoms with Crippen LogP contribution in [0.5, 0.6) is 0 Å². The zero-order valence-electron chi connectivity index (χ0n) is 52.9. The number of halogens is 4. The Bertz CT molecular complexity index is 3520. The van der Waals surface area contributed by atoms with Crippen LogP contribution in [0, 0.1) is 39.8 Å². The molecule has 10 rings (SSSR count). The highest BCUT2D eigenvalue weighted by molar-refractivity contribution is 7.11. The molecule has 3 saturated heterocycles. The zero-order chi connectivity index (χ0) is 64.7. The molecule has 7 heterocycles. The van der Waals surface area contributed by atoms with Crippen molar-refractivity contribution in [2.24, 2.45) is 0 Å². The van der Waals surface area contributed by atoms with Crippen molar-refractivity contribution in [1.29, 1.82) is 15.8 Å². The van der Waals surface area contributed by atoms with Gasteiger partial charge in [-0.2, -0.15) is 15.8 Å². The average molecular weight is 1230 g/mol. The van der Waals surface area contributed by atoms with E-state index in [1.165, 1.54) is 29.6 Å². The van der Waals surface area contributed by atoms with Gasteiger partial charge in [0.15, 0.2) is 5.82 Å². The number of nitriles is 3.